The number of nitrogens with zero attached hydrogens (tertiary/aromatic N) is 6. The smallest absolute Gasteiger partial charge is 0.250 e. The molecule has 8 heteroatoms. The van der Waals surface area contributed by atoms with Gasteiger partial charge in [0.05, 0.1) is 6.20 Å². The van der Waals surface area contributed by atoms with Crippen molar-refractivity contribution in [2.24, 2.45) is 7.05 Å². The molecule has 0 radical (unpaired) electrons. The van der Waals surface area contributed by atoms with Gasteiger partial charge in [0.2, 0.25) is 11.2 Å². The minimum atomic E-state index is -0.358. The SMILES string of the molecule is CCC1C(=O)N(C)c2cnc(Cl)nc2N1c1ccn(C)n1. The van der Waals surface area contributed by atoms with Gasteiger partial charge in [0.25, 0.3) is 0 Å². The van der Waals surface area contributed by atoms with Crippen molar-refractivity contribution in [2.75, 3.05) is 16.8 Å². The molecule has 0 saturated carbocycles. The molecule has 2 aromatic heterocycles. The number of likely N-dealkylation sites (N-methyl/N-ethyl adjacent to an activating group) is 1. The Bertz CT molecular complexity index is 700. The average Bonchev–Trinajstić information content (AvgIpc) is 2.88. The van der Waals surface area contributed by atoms with Crippen molar-refractivity contribution in [3.05, 3.63) is 23.7 Å². The van der Waals surface area contributed by atoms with Crippen molar-refractivity contribution in [2.45, 2.75) is 19.4 Å². The van der Waals surface area contributed by atoms with Crippen molar-refractivity contribution in [1.29, 1.82) is 0 Å². The number of aryl methyl sites for hydroxylation is 1. The minimum absolute atomic E-state index is 0.0124. The molecule has 1 atom stereocenters. The number of fused-ring (bicyclic) bond motifs is 1. The molecule has 0 bridgehead atoms. The van der Waals surface area contributed by atoms with Crippen molar-refractivity contribution in [3.63, 3.8) is 0 Å². The summed E-state index contributed by atoms with van der Waals surface area (Å²) in [6.07, 6.45) is 4.03. The summed E-state index contributed by atoms with van der Waals surface area (Å²) in [5.74, 6) is 1.26. The first kappa shape index (κ1) is 13.8. The summed E-state index contributed by atoms with van der Waals surface area (Å²) in [5, 5.41) is 4.53. The molecule has 1 aliphatic rings. The Morgan fingerprint density at radius 1 is 1.38 bits per heavy atom. The number of hydrogen-bond acceptors (Lipinski definition) is 5. The van der Waals surface area contributed by atoms with Gasteiger partial charge in [-0.25, -0.2) is 4.98 Å². The molecule has 0 aliphatic carbocycles. The Balaban J connectivity index is 2.21. The van der Waals surface area contributed by atoms with Crippen LogP contribution in [-0.4, -0.2) is 38.7 Å². The highest BCUT2D eigenvalue weighted by Crippen LogP contribution is 2.38. The van der Waals surface area contributed by atoms with Crippen LogP contribution >= 0.6 is 11.6 Å². The topological polar surface area (TPSA) is 67.2 Å². The van der Waals surface area contributed by atoms with Gasteiger partial charge in [-0.2, -0.15) is 10.1 Å². The lowest BCUT2D eigenvalue weighted by Crippen LogP contribution is -2.50. The normalized spacial score (nSPS) is 18.1. The second kappa shape index (κ2) is 5.00. The first-order valence-corrected chi connectivity index (χ1v) is 6.99. The number of aromatic nitrogens is 4. The number of carbonyl (C=O) groups is 1. The number of anilines is 3. The fraction of sp³-hybridized carbons (Fsp3) is 0.385. The van der Waals surface area contributed by atoms with Crippen LogP contribution in [0, 0.1) is 0 Å². The maximum atomic E-state index is 12.6. The Labute approximate surface area is 127 Å². The van der Waals surface area contributed by atoms with Gasteiger partial charge in [-0.15, -0.1) is 0 Å². The van der Waals surface area contributed by atoms with E-state index in [2.05, 4.69) is 15.1 Å². The third-order valence-electron chi connectivity index (χ3n) is 3.57. The summed E-state index contributed by atoms with van der Waals surface area (Å²) < 4.78 is 1.69. The summed E-state index contributed by atoms with van der Waals surface area (Å²) in [7, 11) is 3.55. The highest BCUT2D eigenvalue weighted by Gasteiger charge is 2.38. The van der Waals surface area contributed by atoms with Crippen LogP contribution in [0.3, 0.4) is 0 Å². The molecule has 0 saturated heterocycles. The van der Waals surface area contributed by atoms with Gasteiger partial charge in [0, 0.05) is 26.4 Å². The first-order valence-electron chi connectivity index (χ1n) is 6.62. The largest absolute Gasteiger partial charge is 0.309 e. The van der Waals surface area contributed by atoms with E-state index in [4.69, 9.17) is 11.6 Å². The summed E-state index contributed by atoms with van der Waals surface area (Å²) in [4.78, 5) is 24.2. The average molecular weight is 307 g/mol. The molecule has 0 fully saturated rings. The number of amides is 1. The number of halogens is 1. The molecule has 1 amide bonds. The molecule has 1 aliphatic heterocycles. The molecular formula is C13H15ClN6O. The molecule has 0 spiro atoms. The third-order valence-corrected chi connectivity index (χ3v) is 3.75. The summed E-state index contributed by atoms with van der Waals surface area (Å²) in [6.45, 7) is 1.96. The minimum Gasteiger partial charge on any atom is -0.309 e. The molecule has 110 valence electrons. The highest BCUT2D eigenvalue weighted by molar-refractivity contribution is 6.28. The van der Waals surface area contributed by atoms with E-state index in [9.17, 15) is 4.79 Å². The van der Waals surface area contributed by atoms with Gasteiger partial charge >= 0.3 is 0 Å². The van der Waals surface area contributed by atoms with Crippen molar-refractivity contribution < 1.29 is 4.79 Å². The Hall–Kier alpha value is -2.15. The predicted octanol–water partition coefficient (Wildman–Crippen LogP) is 1.76. The number of carbonyl (C=O) groups excluding carboxylic acids is 1. The van der Waals surface area contributed by atoms with Crippen LogP contribution in [-0.2, 0) is 11.8 Å². The lowest BCUT2D eigenvalue weighted by Gasteiger charge is -2.38. The van der Waals surface area contributed by atoms with E-state index in [0.29, 0.717) is 23.7 Å². The fourth-order valence-electron chi connectivity index (χ4n) is 2.52. The number of rotatable bonds is 2. The zero-order valence-corrected chi connectivity index (χ0v) is 12.7. The maximum Gasteiger partial charge on any atom is 0.250 e. The Kier molecular flexibility index (Phi) is 3.29. The van der Waals surface area contributed by atoms with E-state index in [1.165, 1.54) is 0 Å². The van der Waals surface area contributed by atoms with Crippen LogP contribution in [0.1, 0.15) is 13.3 Å². The van der Waals surface area contributed by atoms with E-state index in [-0.39, 0.29) is 17.2 Å². The van der Waals surface area contributed by atoms with E-state index < -0.39 is 0 Å². The third kappa shape index (κ3) is 2.13. The molecule has 0 N–H and O–H groups in total. The van der Waals surface area contributed by atoms with Crippen LogP contribution in [0.5, 0.6) is 0 Å². The van der Waals surface area contributed by atoms with Crippen LogP contribution in [0.15, 0.2) is 18.5 Å². The quantitative estimate of drug-likeness (QED) is 0.791. The molecular weight excluding hydrogens is 292 g/mol. The van der Waals surface area contributed by atoms with Crippen molar-refractivity contribution in [3.8, 4) is 0 Å². The summed E-state index contributed by atoms with van der Waals surface area (Å²) in [5.41, 5.74) is 0.625. The van der Waals surface area contributed by atoms with E-state index in [1.807, 2.05) is 31.1 Å². The lowest BCUT2D eigenvalue weighted by atomic mass is 10.1. The Morgan fingerprint density at radius 3 is 2.76 bits per heavy atom. The fourth-order valence-corrected chi connectivity index (χ4v) is 2.65. The van der Waals surface area contributed by atoms with Gasteiger partial charge in [-0.3, -0.25) is 14.4 Å². The van der Waals surface area contributed by atoms with Crippen molar-refractivity contribution in [1.82, 2.24) is 19.7 Å². The first-order chi connectivity index (χ1) is 10.0. The van der Waals surface area contributed by atoms with Crippen LogP contribution < -0.4 is 9.80 Å². The predicted molar refractivity (Wildman–Crippen MR) is 79.9 cm³/mol. The van der Waals surface area contributed by atoms with Crippen LogP contribution in [0.25, 0.3) is 0 Å². The molecule has 3 rings (SSSR count). The maximum absolute atomic E-state index is 12.6. The van der Waals surface area contributed by atoms with Crippen molar-refractivity contribution >= 4 is 34.8 Å². The zero-order chi connectivity index (χ0) is 15.1. The van der Waals surface area contributed by atoms with E-state index in [1.54, 1.807) is 22.8 Å². The standard InChI is InChI=1S/C13H15ClN6O/c1-4-8-12(21)19(3)9-7-15-13(14)16-11(9)20(8)10-5-6-18(2)17-10/h5-8H,4H2,1-3H3. The monoisotopic (exact) mass is 306 g/mol. The second-order valence-corrected chi connectivity index (χ2v) is 5.22. The Morgan fingerprint density at radius 2 is 2.14 bits per heavy atom. The van der Waals surface area contributed by atoms with Gasteiger partial charge in [-0.1, -0.05) is 6.92 Å². The highest BCUT2D eigenvalue weighted by atomic mass is 35.5. The summed E-state index contributed by atoms with van der Waals surface area (Å²) >= 11 is 5.93. The van der Waals surface area contributed by atoms with E-state index in [0.717, 1.165) is 0 Å². The molecule has 0 aromatic carbocycles. The molecule has 1 unspecified atom stereocenters. The zero-order valence-electron chi connectivity index (χ0n) is 12.0. The molecule has 7 nitrogen and oxygen atoms in total. The van der Waals surface area contributed by atoms with Crippen LogP contribution in [0.2, 0.25) is 5.28 Å². The van der Waals surface area contributed by atoms with Gasteiger partial charge in [0.1, 0.15) is 11.7 Å². The van der Waals surface area contributed by atoms with Gasteiger partial charge in [0.15, 0.2) is 11.6 Å². The molecule has 3 heterocycles. The van der Waals surface area contributed by atoms with E-state index >= 15 is 0 Å². The second-order valence-electron chi connectivity index (χ2n) is 4.89. The van der Waals surface area contributed by atoms with Gasteiger partial charge in [-0.05, 0) is 18.0 Å². The van der Waals surface area contributed by atoms with Gasteiger partial charge < -0.3 is 4.90 Å². The number of hydrogen-bond donors (Lipinski definition) is 0. The van der Waals surface area contributed by atoms with Crippen LogP contribution in [0.4, 0.5) is 17.3 Å². The summed E-state index contributed by atoms with van der Waals surface area (Å²) in [6, 6.07) is 1.49. The molecule has 21 heavy (non-hydrogen) atoms. The lowest BCUT2D eigenvalue weighted by molar-refractivity contribution is -0.119. The molecule has 2 aromatic rings.